The number of aromatic hydroxyl groups is 1. The van der Waals surface area contributed by atoms with Crippen molar-refractivity contribution in [3.05, 3.63) is 35.9 Å². The predicted molar refractivity (Wildman–Crippen MR) is 109 cm³/mol. The molecule has 0 aliphatic carbocycles. The molecule has 0 radical (unpaired) electrons. The van der Waals surface area contributed by atoms with Gasteiger partial charge in [-0.2, -0.15) is 8.42 Å². The normalized spacial score (nSPS) is 12.4. The highest BCUT2D eigenvalue weighted by Gasteiger charge is 2.22. The smallest absolute Gasteiger partial charge is 0.294 e. The van der Waals surface area contributed by atoms with Crippen LogP contribution in [0.1, 0.15) is 32.8 Å². The number of hydrogen-bond donors (Lipinski definition) is 4. The van der Waals surface area contributed by atoms with Gasteiger partial charge < -0.3 is 20.7 Å². The zero-order valence-corrected chi connectivity index (χ0v) is 17.3. The highest BCUT2D eigenvalue weighted by molar-refractivity contribution is 7.85. The van der Waals surface area contributed by atoms with E-state index >= 15 is 0 Å². The van der Waals surface area contributed by atoms with Crippen LogP contribution in [0.2, 0.25) is 0 Å². The number of hydrogen-bond acceptors (Lipinski definition) is 8. The number of nitrogens with two attached hydrogens (primary N) is 1. The lowest BCUT2D eigenvalue weighted by atomic mass is 9.86. The Balaban J connectivity index is 2.49. The fraction of sp³-hybridized carbons (Fsp3) is 0.368. The molecule has 0 aliphatic heterocycles. The van der Waals surface area contributed by atoms with Crippen molar-refractivity contribution in [2.24, 2.45) is 10.2 Å². The Kier molecular flexibility index (Phi) is 6.83. The van der Waals surface area contributed by atoms with Crippen LogP contribution in [0.5, 0.6) is 11.5 Å². The van der Waals surface area contributed by atoms with Gasteiger partial charge in [0.05, 0.1) is 17.2 Å². The Hall–Kier alpha value is -2.69. The molecule has 0 spiro atoms. The number of benzene rings is 2. The van der Waals surface area contributed by atoms with Crippen LogP contribution in [-0.2, 0) is 15.5 Å². The maximum Gasteiger partial charge on any atom is 0.294 e. The number of azo groups is 1. The Morgan fingerprint density at radius 2 is 1.76 bits per heavy atom. The molecule has 2 aromatic rings. The average Bonchev–Trinajstić information content (AvgIpc) is 2.61. The molecule has 29 heavy (non-hydrogen) atoms. The molecule has 9 nitrogen and oxygen atoms in total. The quantitative estimate of drug-likeness (QED) is 0.229. The van der Waals surface area contributed by atoms with Crippen molar-refractivity contribution in [3.8, 4) is 11.5 Å². The van der Waals surface area contributed by atoms with Crippen LogP contribution >= 0.6 is 0 Å². The second kappa shape index (κ2) is 8.76. The molecule has 0 heterocycles. The fourth-order valence-electron chi connectivity index (χ4n) is 2.46. The van der Waals surface area contributed by atoms with Crippen molar-refractivity contribution >= 4 is 27.2 Å². The van der Waals surface area contributed by atoms with E-state index in [2.05, 4.69) is 10.2 Å². The van der Waals surface area contributed by atoms with Crippen molar-refractivity contribution in [1.82, 2.24) is 0 Å². The molecular formula is C19H25N3O6S. The number of anilines is 1. The number of ether oxygens (including phenoxy) is 1. The molecule has 158 valence electrons. The molecule has 5 N–H and O–H groups in total. The summed E-state index contributed by atoms with van der Waals surface area (Å²) in [5, 5.41) is 27.5. The first-order valence-corrected chi connectivity index (χ1v) is 10.3. The van der Waals surface area contributed by atoms with Gasteiger partial charge in [-0.25, -0.2) is 0 Å². The van der Waals surface area contributed by atoms with Crippen molar-refractivity contribution in [2.75, 3.05) is 18.9 Å². The van der Waals surface area contributed by atoms with Crippen molar-refractivity contribution in [1.29, 1.82) is 0 Å². The third kappa shape index (κ3) is 5.89. The summed E-state index contributed by atoms with van der Waals surface area (Å²) in [4.78, 5) is -0.374. The number of aliphatic hydroxyl groups is 1. The third-order valence-electron chi connectivity index (χ3n) is 4.01. The second-order valence-electron chi connectivity index (χ2n) is 7.41. The summed E-state index contributed by atoms with van der Waals surface area (Å²) in [6, 6.07) is 6.69. The van der Waals surface area contributed by atoms with E-state index in [1.807, 2.05) is 20.8 Å². The van der Waals surface area contributed by atoms with E-state index in [1.54, 1.807) is 6.07 Å². The summed E-state index contributed by atoms with van der Waals surface area (Å²) in [6.07, 6.45) is 0.446. The predicted octanol–water partition coefficient (Wildman–Crippen LogP) is 3.70. The number of phenolic OH excluding ortho intramolecular Hbond substituents is 1. The molecule has 0 aliphatic rings. The summed E-state index contributed by atoms with van der Waals surface area (Å²) in [7, 11) is -4.43. The Morgan fingerprint density at radius 1 is 1.10 bits per heavy atom. The summed E-state index contributed by atoms with van der Waals surface area (Å²) < 4.78 is 37.4. The Morgan fingerprint density at radius 3 is 2.34 bits per heavy atom. The van der Waals surface area contributed by atoms with Crippen LogP contribution in [0, 0.1) is 0 Å². The molecular weight excluding hydrogens is 398 g/mol. The first-order chi connectivity index (χ1) is 13.4. The molecule has 2 rings (SSSR count). The average molecular weight is 423 g/mol. The van der Waals surface area contributed by atoms with E-state index in [4.69, 9.17) is 15.6 Å². The van der Waals surface area contributed by atoms with Gasteiger partial charge in [0.25, 0.3) is 10.1 Å². The first-order valence-electron chi connectivity index (χ1n) is 8.83. The molecule has 0 unspecified atom stereocenters. The number of aliphatic hydroxyl groups excluding tert-OH is 1. The number of nitrogen functional groups attached to an aromatic ring is 1. The molecule has 0 saturated carbocycles. The van der Waals surface area contributed by atoms with Crippen molar-refractivity contribution < 1.29 is 27.9 Å². The number of nitrogens with zero attached hydrogens (tertiary/aromatic N) is 2. The number of phenols is 1. The Bertz CT molecular complexity index is 1010. The van der Waals surface area contributed by atoms with E-state index in [0.29, 0.717) is 17.7 Å². The van der Waals surface area contributed by atoms with Crippen LogP contribution in [0.3, 0.4) is 0 Å². The number of rotatable bonds is 7. The lowest BCUT2D eigenvalue weighted by Crippen LogP contribution is -2.12. The molecule has 10 heteroatoms. The van der Waals surface area contributed by atoms with Crippen molar-refractivity contribution in [2.45, 2.75) is 37.5 Å². The van der Waals surface area contributed by atoms with E-state index in [-0.39, 0.29) is 40.9 Å². The van der Waals surface area contributed by atoms with Gasteiger partial charge in [-0.05, 0) is 29.7 Å². The van der Waals surface area contributed by atoms with E-state index in [1.165, 1.54) is 12.1 Å². The van der Waals surface area contributed by atoms with Gasteiger partial charge in [0.1, 0.15) is 22.9 Å². The topological polar surface area (TPSA) is 155 Å². The lowest BCUT2D eigenvalue weighted by molar-refractivity contribution is 0.233. The van der Waals surface area contributed by atoms with E-state index < -0.39 is 15.5 Å². The summed E-state index contributed by atoms with van der Waals surface area (Å²) >= 11 is 0. The molecule has 0 saturated heterocycles. The molecule has 0 fully saturated rings. The van der Waals surface area contributed by atoms with Gasteiger partial charge in [-0.3, -0.25) is 4.55 Å². The van der Waals surface area contributed by atoms with Crippen LogP contribution in [0.25, 0.3) is 0 Å². The van der Waals surface area contributed by atoms with Crippen LogP contribution < -0.4 is 10.5 Å². The standard InChI is InChI=1S/C19H25N3O6S/c1-19(2,3)14-9-12(28-8-4-7-23)10-17(18(14)24)22-21-16-11-13(29(25,26)27)5-6-15(16)20/h5-6,9-11,23-24H,4,7-8,20H2,1-3H3,(H,25,26,27). The van der Waals surface area contributed by atoms with Gasteiger partial charge >= 0.3 is 0 Å². The third-order valence-corrected chi connectivity index (χ3v) is 4.86. The highest BCUT2D eigenvalue weighted by atomic mass is 32.2. The maximum absolute atomic E-state index is 11.3. The first kappa shape index (κ1) is 22.6. The van der Waals surface area contributed by atoms with E-state index in [0.717, 1.165) is 12.1 Å². The largest absolute Gasteiger partial charge is 0.505 e. The minimum atomic E-state index is -4.43. The van der Waals surface area contributed by atoms with Crippen LogP contribution in [0.4, 0.5) is 17.1 Å². The summed E-state index contributed by atoms with van der Waals surface area (Å²) in [5.41, 5.74) is 6.23. The SMILES string of the molecule is CC(C)(C)c1cc(OCCCO)cc(N=Nc2cc(S(=O)(=O)O)ccc2N)c1O. The second-order valence-corrected chi connectivity index (χ2v) is 8.83. The zero-order valence-electron chi connectivity index (χ0n) is 16.5. The minimum Gasteiger partial charge on any atom is -0.505 e. The summed E-state index contributed by atoms with van der Waals surface area (Å²) in [5.74, 6) is 0.343. The Labute approximate surface area is 169 Å². The van der Waals surface area contributed by atoms with Gasteiger partial charge in [0.15, 0.2) is 0 Å². The fourth-order valence-corrected chi connectivity index (χ4v) is 2.96. The minimum absolute atomic E-state index is 0.0137. The molecule has 0 bridgehead atoms. The van der Waals surface area contributed by atoms with Gasteiger partial charge in [-0.1, -0.05) is 20.8 Å². The molecule has 0 aromatic heterocycles. The van der Waals surface area contributed by atoms with Crippen molar-refractivity contribution in [3.63, 3.8) is 0 Å². The van der Waals surface area contributed by atoms with Gasteiger partial charge in [0.2, 0.25) is 0 Å². The molecule has 2 aromatic carbocycles. The van der Waals surface area contributed by atoms with Crippen LogP contribution in [0.15, 0.2) is 45.5 Å². The molecule has 0 amide bonds. The lowest BCUT2D eigenvalue weighted by Gasteiger charge is -2.22. The van der Waals surface area contributed by atoms with Gasteiger partial charge in [0, 0.05) is 24.7 Å². The summed E-state index contributed by atoms with van der Waals surface area (Å²) in [6.45, 7) is 6.00. The monoisotopic (exact) mass is 423 g/mol. The highest BCUT2D eigenvalue weighted by Crippen LogP contribution is 2.42. The van der Waals surface area contributed by atoms with Gasteiger partial charge in [-0.15, -0.1) is 10.2 Å². The van der Waals surface area contributed by atoms with Crippen LogP contribution in [-0.4, -0.2) is 36.4 Å². The molecule has 0 atom stereocenters. The zero-order chi connectivity index (χ0) is 21.8. The maximum atomic E-state index is 11.3. The van der Waals surface area contributed by atoms with E-state index in [9.17, 15) is 18.1 Å².